The molecule has 2 heterocycles. The standard InChI is InChI=1S/C23H29N5O3/c1-15(2)28-18(29)12-11-17(27-28)20-19(16-9-7-6-8-10-16)25-21(24)22(26-20)30-13-14-31-23(3,4)5/h6-12,15H,13-14H2,1-5H3,(H2,24,25). The largest absolute Gasteiger partial charge is 0.473 e. The smallest absolute Gasteiger partial charge is 0.267 e. The Kier molecular flexibility index (Phi) is 6.70. The van der Waals surface area contributed by atoms with Crippen LogP contribution in [0.15, 0.2) is 47.3 Å². The number of hydrogen-bond acceptors (Lipinski definition) is 7. The highest BCUT2D eigenvalue weighted by Crippen LogP contribution is 2.32. The third kappa shape index (κ3) is 5.67. The van der Waals surface area contributed by atoms with Crippen LogP contribution in [-0.4, -0.2) is 38.6 Å². The summed E-state index contributed by atoms with van der Waals surface area (Å²) in [4.78, 5) is 21.4. The van der Waals surface area contributed by atoms with Crippen molar-refractivity contribution in [2.45, 2.75) is 46.3 Å². The Balaban J connectivity index is 2.04. The molecule has 0 radical (unpaired) electrons. The minimum Gasteiger partial charge on any atom is -0.473 e. The SMILES string of the molecule is CC(C)n1nc(-c2nc(OCCOC(C)(C)C)c(N)nc2-c2ccccc2)ccc1=O. The van der Waals surface area contributed by atoms with Crippen LogP contribution in [0.1, 0.15) is 40.7 Å². The number of hydrogen-bond donors (Lipinski definition) is 1. The van der Waals surface area contributed by atoms with Gasteiger partial charge in [-0.3, -0.25) is 4.79 Å². The molecule has 0 spiro atoms. The second-order valence-corrected chi connectivity index (χ2v) is 8.38. The van der Waals surface area contributed by atoms with E-state index < -0.39 is 0 Å². The van der Waals surface area contributed by atoms with Gasteiger partial charge in [0.1, 0.15) is 23.7 Å². The molecule has 0 aliphatic rings. The van der Waals surface area contributed by atoms with Gasteiger partial charge in [0.05, 0.1) is 18.2 Å². The molecule has 8 heteroatoms. The van der Waals surface area contributed by atoms with E-state index in [2.05, 4.69) is 15.1 Å². The predicted molar refractivity (Wildman–Crippen MR) is 121 cm³/mol. The summed E-state index contributed by atoms with van der Waals surface area (Å²) in [5.41, 5.74) is 8.11. The van der Waals surface area contributed by atoms with Crippen molar-refractivity contribution in [3.05, 3.63) is 52.8 Å². The quantitative estimate of drug-likeness (QED) is 0.577. The zero-order chi connectivity index (χ0) is 22.6. The molecule has 0 fully saturated rings. The number of nitrogens with zero attached hydrogens (tertiary/aromatic N) is 4. The molecule has 0 aliphatic carbocycles. The minimum absolute atomic E-state index is 0.0976. The number of anilines is 1. The van der Waals surface area contributed by atoms with E-state index in [-0.39, 0.29) is 35.5 Å². The molecule has 0 saturated carbocycles. The summed E-state index contributed by atoms with van der Waals surface area (Å²) in [6.07, 6.45) is 0. The lowest BCUT2D eigenvalue weighted by atomic mass is 10.1. The maximum absolute atomic E-state index is 12.2. The second kappa shape index (κ2) is 9.26. The van der Waals surface area contributed by atoms with Gasteiger partial charge in [-0.1, -0.05) is 30.3 Å². The Morgan fingerprint density at radius 3 is 2.35 bits per heavy atom. The highest BCUT2D eigenvalue weighted by Gasteiger charge is 2.19. The molecule has 164 valence electrons. The normalized spacial score (nSPS) is 11.7. The first kappa shape index (κ1) is 22.4. The van der Waals surface area contributed by atoms with Crippen molar-refractivity contribution in [2.75, 3.05) is 18.9 Å². The van der Waals surface area contributed by atoms with Crippen molar-refractivity contribution < 1.29 is 9.47 Å². The number of rotatable bonds is 7. The van der Waals surface area contributed by atoms with Crippen molar-refractivity contribution in [2.24, 2.45) is 0 Å². The van der Waals surface area contributed by atoms with Gasteiger partial charge in [0, 0.05) is 11.6 Å². The van der Waals surface area contributed by atoms with Crippen molar-refractivity contribution in [1.82, 2.24) is 19.7 Å². The topological polar surface area (TPSA) is 105 Å². The number of nitrogens with two attached hydrogens (primary N) is 1. The molecule has 2 N–H and O–H groups in total. The molecule has 0 saturated heterocycles. The Bertz CT molecular complexity index is 1090. The van der Waals surface area contributed by atoms with Gasteiger partial charge in [-0.05, 0) is 40.7 Å². The Hall–Kier alpha value is -3.26. The fourth-order valence-corrected chi connectivity index (χ4v) is 2.92. The van der Waals surface area contributed by atoms with Gasteiger partial charge in [-0.15, -0.1) is 0 Å². The molecular weight excluding hydrogens is 394 g/mol. The number of benzene rings is 1. The minimum atomic E-state index is -0.266. The molecule has 1 aromatic carbocycles. The molecule has 3 rings (SSSR count). The van der Waals surface area contributed by atoms with Gasteiger partial charge in [-0.25, -0.2) is 14.6 Å². The van der Waals surface area contributed by atoms with E-state index in [0.29, 0.717) is 23.7 Å². The van der Waals surface area contributed by atoms with Gasteiger partial charge in [-0.2, -0.15) is 5.10 Å². The molecule has 3 aromatic rings. The van der Waals surface area contributed by atoms with Crippen LogP contribution in [0.5, 0.6) is 5.88 Å². The van der Waals surface area contributed by atoms with Crippen molar-refractivity contribution >= 4 is 5.82 Å². The highest BCUT2D eigenvalue weighted by molar-refractivity contribution is 5.77. The van der Waals surface area contributed by atoms with Gasteiger partial charge in [0.2, 0.25) is 0 Å². The highest BCUT2D eigenvalue weighted by atomic mass is 16.5. The van der Waals surface area contributed by atoms with Gasteiger partial charge >= 0.3 is 0 Å². The van der Waals surface area contributed by atoms with Crippen LogP contribution in [0.2, 0.25) is 0 Å². The summed E-state index contributed by atoms with van der Waals surface area (Å²) < 4.78 is 12.9. The van der Waals surface area contributed by atoms with Crippen molar-refractivity contribution in [1.29, 1.82) is 0 Å². The van der Waals surface area contributed by atoms with Crippen LogP contribution in [-0.2, 0) is 4.74 Å². The van der Waals surface area contributed by atoms with E-state index in [9.17, 15) is 4.79 Å². The Morgan fingerprint density at radius 2 is 1.71 bits per heavy atom. The molecular formula is C23H29N5O3. The fourth-order valence-electron chi connectivity index (χ4n) is 2.92. The lowest BCUT2D eigenvalue weighted by Gasteiger charge is -2.19. The third-order valence-corrected chi connectivity index (χ3v) is 4.35. The first-order valence-electron chi connectivity index (χ1n) is 10.3. The average Bonchev–Trinajstić information content (AvgIpc) is 2.72. The van der Waals surface area contributed by atoms with Gasteiger partial charge in [0.25, 0.3) is 11.4 Å². The van der Waals surface area contributed by atoms with Crippen LogP contribution in [0.25, 0.3) is 22.6 Å². The monoisotopic (exact) mass is 423 g/mol. The van der Waals surface area contributed by atoms with Crippen LogP contribution in [0.4, 0.5) is 5.82 Å². The van der Waals surface area contributed by atoms with Crippen LogP contribution >= 0.6 is 0 Å². The third-order valence-electron chi connectivity index (χ3n) is 4.35. The molecule has 31 heavy (non-hydrogen) atoms. The summed E-state index contributed by atoms with van der Waals surface area (Å²) in [5, 5.41) is 4.51. The second-order valence-electron chi connectivity index (χ2n) is 8.38. The maximum atomic E-state index is 12.2. The van der Waals surface area contributed by atoms with Crippen LogP contribution < -0.4 is 16.0 Å². The van der Waals surface area contributed by atoms with Gasteiger partial charge in [0.15, 0.2) is 5.82 Å². The molecule has 0 unspecified atom stereocenters. The maximum Gasteiger partial charge on any atom is 0.267 e. The summed E-state index contributed by atoms with van der Waals surface area (Å²) in [5.74, 6) is 0.381. The summed E-state index contributed by atoms with van der Waals surface area (Å²) in [6, 6.07) is 12.6. The molecule has 0 amide bonds. The van der Waals surface area contributed by atoms with Gasteiger partial charge < -0.3 is 15.2 Å². The van der Waals surface area contributed by atoms with E-state index in [1.54, 1.807) is 6.07 Å². The molecule has 0 atom stereocenters. The zero-order valence-electron chi connectivity index (χ0n) is 18.6. The fraction of sp³-hybridized carbons (Fsp3) is 0.391. The average molecular weight is 424 g/mol. The molecule has 0 aliphatic heterocycles. The summed E-state index contributed by atoms with van der Waals surface area (Å²) in [7, 11) is 0. The van der Waals surface area contributed by atoms with E-state index in [1.807, 2.05) is 65.0 Å². The molecule has 8 nitrogen and oxygen atoms in total. The van der Waals surface area contributed by atoms with E-state index in [4.69, 9.17) is 15.2 Å². The number of aromatic nitrogens is 4. The number of nitrogen functional groups attached to an aromatic ring is 1. The van der Waals surface area contributed by atoms with E-state index in [0.717, 1.165) is 5.56 Å². The predicted octanol–water partition coefficient (Wildman–Crippen LogP) is 3.72. The summed E-state index contributed by atoms with van der Waals surface area (Å²) >= 11 is 0. The molecule has 2 aromatic heterocycles. The Morgan fingerprint density at radius 1 is 1.00 bits per heavy atom. The lowest BCUT2D eigenvalue weighted by molar-refractivity contribution is -0.0167. The number of ether oxygens (including phenoxy) is 2. The van der Waals surface area contributed by atoms with Crippen LogP contribution in [0.3, 0.4) is 0 Å². The first-order chi connectivity index (χ1) is 14.7. The lowest BCUT2D eigenvalue weighted by Crippen LogP contribution is -2.24. The Labute approximate surface area is 182 Å². The van der Waals surface area contributed by atoms with E-state index >= 15 is 0 Å². The van der Waals surface area contributed by atoms with E-state index in [1.165, 1.54) is 10.7 Å². The molecule has 0 bridgehead atoms. The summed E-state index contributed by atoms with van der Waals surface area (Å²) in [6.45, 7) is 10.4. The van der Waals surface area contributed by atoms with Crippen LogP contribution in [0, 0.1) is 0 Å². The zero-order valence-corrected chi connectivity index (χ0v) is 18.6. The first-order valence-corrected chi connectivity index (χ1v) is 10.3. The van der Waals surface area contributed by atoms with Crippen molar-refractivity contribution in [3.63, 3.8) is 0 Å². The van der Waals surface area contributed by atoms with Crippen molar-refractivity contribution in [3.8, 4) is 28.5 Å².